The summed E-state index contributed by atoms with van der Waals surface area (Å²) in [4.78, 5) is 16.3. The number of nitrogens with zero attached hydrogens (tertiary/aromatic N) is 1. The first kappa shape index (κ1) is 15.9. The second kappa shape index (κ2) is 6.73. The van der Waals surface area contributed by atoms with E-state index in [4.69, 9.17) is 16.0 Å². The van der Waals surface area contributed by atoms with Crippen LogP contribution in [0.15, 0.2) is 59.5 Å². The summed E-state index contributed by atoms with van der Waals surface area (Å²) in [6.45, 7) is 0. The molecule has 1 N–H and O–H groups in total. The molecule has 1 amide bonds. The Labute approximate surface area is 150 Å². The minimum Gasteiger partial charge on any atom is -0.443 e. The predicted octanol–water partition coefficient (Wildman–Crippen LogP) is 5.05. The number of rotatable bonds is 4. The van der Waals surface area contributed by atoms with Crippen LogP contribution in [0.2, 0.25) is 5.02 Å². The monoisotopic (exact) mass is 352 g/mol. The fourth-order valence-corrected chi connectivity index (χ4v) is 3.71. The quantitative estimate of drug-likeness (QED) is 0.714. The molecule has 4 nitrogen and oxygen atoms in total. The van der Waals surface area contributed by atoms with Crippen LogP contribution in [0.1, 0.15) is 29.9 Å². The third kappa shape index (κ3) is 3.30. The maximum atomic E-state index is 12.4. The number of amides is 1. The molecule has 5 heteroatoms. The zero-order chi connectivity index (χ0) is 17.2. The Hall–Kier alpha value is -2.59. The van der Waals surface area contributed by atoms with Crippen molar-refractivity contribution in [3.05, 3.63) is 71.2 Å². The number of hydrogen-bond acceptors (Lipinski definition) is 3. The SMILES string of the molecule is O=C(CC1CCc2ccccc21)Nc1ccc(-c2cnco2)c(Cl)c1. The molecule has 126 valence electrons. The molecule has 1 aliphatic rings. The molecule has 1 aliphatic carbocycles. The molecule has 0 aliphatic heterocycles. The topological polar surface area (TPSA) is 55.1 Å². The van der Waals surface area contributed by atoms with Crippen molar-refractivity contribution >= 4 is 23.2 Å². The molecule has 0 bridgehead atoms. The van der Waals surface area contributed by atoms with E-state index in [9.17, 15) is 4.79 Å². The van der Waals surface area contributed by atoms with Crippen molar-refractivity contribution < 1.29 is 9.21 Å². The number of aryl methyl sites for hydroxylation is 1. The summed E-state index contributed by atoms with van der Waals surface area (Å²) in [5.41, 5.74) is 4.10. The summed E-state index contributed by atoms with van der Waals surface area (Å²) in [6.07, 6.45) is 5.53. The van der Waals surface area contributed by atoms with Crippen LogP contribution in [0.3, 0.4) is 0 Å². The molecule has 1 atom stereocenters. The molecular formula is C20H17ClN2O2. The molecule has 0 fully saturated rings. The number of oxazole rings is 1. The van der Waals surface area contributed by atoms with Gasteiger partial charge < -0.3 is 9.73 Å². The fourth-order valence-electron chi connectivity index (χ4n) is 3.43. The van der Waals surface area contributed by atoms with Gasteiger partial charge in [-0.05, 0) is 48.1 Å². The van der Waals surface area contributed by atoms with E-state index in [2.05, 4.69) is 28.5 Å². The third-order valence-electron chi connectivity index (χ3n) is 4.64. The van der Waals surface area contributed by atoms with Gasteiger partial charge in [0.25, 0.3) is 0 Å². The summed E-state index contributed by atoms with van der Waals surface area (Å²) in [6, 6.07) is 13.8. The first-order valence-corrected chi connectivity index (χ1v) is 8.64. The molecule has 2 aromatic carbocycles. The highest BCUT2D eigenvalue weighted by molar-refractivity contribution is 6.33. The van der Waals surface area contributed by atoms with Crippen LogP contribution in [-0.4, -0.2) is 10.9 Å². The van der Waals surface area contributed by atoms with E-state index in [0.717, 1.165) is 18.4 Å². The van der Waals surface area contributed by atoms with Crippen molar-refractivity contribution in [1.82, 2.24) is 4.98 Å². The molecule has 4 rings (SSSR count). The molecule has 1 heterocycles. The highest BCUT2D eigenvalue weighted by atomic mass is 35.5. The van der Waals surface area contributed by atoms with Gasteiger partial charge in [0.1, 0.15) is 0 Å². The lowest BCUT2D eigenvalue weighted by atomic mass is 9.97. The summed E-state index contributed by atoms with van der Waals surface area (Å²) >= 11 is 6.30. The van der Waals surface area contributed by atoms with E-state index >= 15 is 0 Å². The first-order valence-electron chi connectivity index (χ1n) is 8.27. The lowest BCUT2D eigenvalue weighted by Crippen LogP contribution is -2.14. The van der Waals surface area contributed by atoms with Gasteiger partial charge in [-0.25, -0.2) is 4.98 Å². The van der Waals surface area contributed by atoms with Crippen molar-refractivity contribution in [2.45, 2.75) is 25.2 Å². The highest BCUT2D eigenvalue weighted by Gasteiger charge is 2.24. The van der Waals surface area contributed by atoms with Gasteiger partial charge in [0.2, 0.25) is 5.91 Å². The number of fused-ring (bicyclic) bond motifs is 1. The van der Waals surface area contributed by atoms with Gasteiger partial charge in [-0.15, -0.1) is 0 Å². The Bertz CT molecular complexity index is 906. The van der Waals surface area contributed by atoms with E-state index in [0.29, 0.717) is 28.8 Å². The van der Waals surface area contributed by atoms with E-state index in [-0.39, 0.29) is 5.91 Å². The van der Waals surface area contributed by atoms with Gasteiger partial charge in [0, 0.05) is 17.7 Å². The van der Waals surface area contributed by atoms with E-state index < -0.39 is 0 Å². The second-order valence-electron chi connectivity index (χ2n) is 6.25. The summed E-state index contributed by atoms with van der Waals surface area (Å²) in [7, 11) is 0. The number of hydrogen-bond donors (Lipinski definition) is 1. The van der Waals surface area contributed by atoms with Crippen LogP contribution in [0.4, 0.5) is 5.69 Å². The lowest BCUT2D eigenvalue weighted by molar-refractivity contribution is -0.116. The van der Waals surface area contributed by atoms with E-state index in [1.807, 2.05) is 18.2 Å². The lowest BCUT2D eigenvalue weighted by Gasteiger charge is -2.12. The van der Waals surface area contributed by atoms with Crippen LogP contribution < -0.4 is 5.32 Å². The van der Waals surface area contributed by atoms with Gasteiger partial charge >= 0.3 is 0 Å². The standard InChI is InChI=1S/C20H17ClN2O2/c21-18-10-15(7-8-17(18)19-11-22-12-25-19)23-20(24)9-14-6-5-13-3-1-2-4-16(13)14/h1-4,7-8,10-12,14H,5-6,9H2,(H,23,24). The van der Waals surface area contributed by atoms with Crippen molar-refractivity contribution in [2.75, 3.05) is 5.32 Å². The summed E-state index contributed by atoms with van der Waals surface area (Å²) in [5, 5.41) is 3.46. The Morgan fingerprint density at radius 2 is 2.16 bits per heavy atom. The summed E-state index contributed by atoms with van der Waals surface area (Å²) in [5.74, 6) is 0.899. The predicted molar refractivity (Wildman–Crippen MR) is 97.7 cm³/mol. The van der Waals surface area contributed by atoms with Crippen molar-refractivity contribution in [1.29, 1.82) is 0 Å². The average Bonchev–Trinajstić information content (AvgIpc) is 3.26. The smallest absolute Gasteiger partial charge is 0.224 e. The number of carbonyl (C=O) groups excluding carboxylic acids is 1. The zero-order valence-electron chi connectivity index (χ0n) is 13.5. The van der Waals surface area contributed by atoms with Gasteiger partial charge in [-0.1, -0.05) is 35.9 Å². The molecular weight excluding hydrogens is 336 g/mol. The number of aromatic nitrogens is 1. The van der Waals surface area contributed by atoms with Crippen molar-refractivity contribution in [2.24, 2.45) is 0 Å². The van der Waals surface area contributed by atoms with Gasteiger partial charge in [-0.2, -0.15) is 0 Å². The van der Waals surface area contributed by atoms with Crippen LogP contribution in [0.25, 0.3) is 11.3 Å². The normalized spacial score (nSPS) is 15.8. The second-order valence-corrected chi connectivity index (χ2v) is 6.65. The minimum absolute atomic E-state index is 0.00480. The third-order valence-corrected chi connectivity index (χ3v) is 4.95. The van der Waals surface area contributed by atoms with Gasteiger partial charge in [0.15, 0.2) is 12.2 Å². The molecule has 0 saturated carbocycles. The molecule has 0 spiro atoms. The number of anilines is 1. The maximum absolute atomic E-state index is 12.4. The highest BCUT2D eigenvalue weighted by Crippen LogP contribution is 2.35. The number of nitrogens with one attached hydrogen (secondary N) is 1. The van der Waals surface area contributed by atoms with Crippen LogP contribution in [0.5, 0.6) is 0 Å². The molecule has 1 unspecified atom stereocenters. The Balaban J connectivity index is 1.44. The van der Waals surface area contributed by atoms with Crippen LogP contribution in [0, 0.1) is 0 Å². The molecule has 1 aromatic heterocycles. The van der Waals surface area contributed by atoms with E-state index in [1.54, 1.807) is 12.3 Å². The molecule has 0 radical (unpaired) electrons. The zero-order valence-corrected chi connectivity index (χ0v) is 14.3. The molecule has 0 saturated heterocycles. The average molecular weight is 353 g/mol. The maximum Gasteiger partial charge on any atom is 0.224 e. The Morgan fingerprint density at radius 3 is 2.96 bits per heavy atom. The Morgan fingerprint density at radius 1 is 1.28 bits per heavy atom. The van der Waals surface area contributed by atoms with Gasteiger partial charge in [0.05, 0.1) is 11.2 Å². The Kier molecular flexibility index (Phi) is 4.28. The number of carbonyl (C=O) groups is 1. The largest absolute Gasteiger partial charge is 0.443 e. The summed E-state index contributed by atoms with van der Waals surface area (Å²) < 4.78 is 5.26. The van der Waals surface area contributed by atoms with Crippen molar-refractivity contribution in [3.8, 4) is 11.3 Å². The van der Waals surface area contributed by atoms with E-state index in [1.165, 1.54) is 17.5 Å². The number of halogens is 1. The van der Waals surface area contributed by atoms with Crippen molar-refractivity contribution in [3.63, 3.8) is 0 Å². The molecule has 3 aromatic rings. The minimum atomic E-state index is 0.00480. The van der Waals surface area contributed by atoms with Crippen LogP contribution in [-0.2, 0) is 11.2 Å². The van der Waals surface area contributed by atoms with Gasteiger partial charge in [-0.3, -0.25) is 4.79 Å². The molecule has 25 heavy (non-hydrogen) atoms. The first-order chi connectivity index (χ1) is 12.2. The van der Waals surface area contributed by atoms with Crippen LogP contribution >= 0.6 is 11.6 Å². The fraction of sp³-hybridized carbons (Fsp3) is 0.200. The number of benzene rings is 2.